The molecule has 0 bridgehead atoms. The molecule has 1 rings (SSSR count). The fourth-order valence-electron chi connectivity index (χ4n) is 2.22. The first-order valence-corrected chi connectivity index (χ1v) is 6.65. The van der Waals surface area contributed by atoms with E-state index in [0.717, 1.165) is 0 Å². The van der Waals surface area contributed by atoms with Crippen molar-refractivity contribution >= 4 is 0 Å². The summed E-state index contributed by atoms with van der Waals surface area (Å²) in [7, 11) is 0. The zero-order valence-electron chi connectivity index (χ0n) is 10.5. The number of ether oxygens (including phenoxy) is 2. The third-order valence-corrected chi connectivity index (χ3v) is 3.37. The van der Waals surface area contributed by atoms with Gasteiger partial charge in [0.25, 0.3) is 0 Å². The molecular weight excluding hydrogens is 204 g/mol. The molecule has 3 heteroatoms. The monoisotopic (exact) mass is 230 g/mol. The molecule has 0 unspecified atom stereocenters. The summed E-state index contributed by atoms with van der Waals surface area (Å²) in [6.07, 6.45) is 8.83. The summed E-state index contributed by atoms with van der Waals surface area (Å²) in [5, 5.41) is 8.56. The van der Waals surface area contributed by atoms with Crippen molar-refractivity contribution in [2.45, 2.75) is 57.5 Å². The van der Waals surface area contributed by atoms with Crippen molar-refractivity contribution in [3.8, 4) is 0 Å². The standard InChI is InChI=1S/C13H26O3/c1-2-3-4-6-13(7-5-8-13)16-12-11-15-10-9-14/h14H,2-12H2,1H3. The quantitative estimate of drug-likeness (QED) is 0.586. The van der Waals surface area contributed by atoms with E-state index >= 15 is 0 Å². The fourth-order valence-corrected chi connectivity index (χ4v) is 2.22. The maximum atomic E-state index is 8.56. The second kappa shape index (κ2) is 8.04. The van der Waals surface area contributed by atoms with Crippen molar-refractivity contribution in [2.24, 2.45) is 0 Å². The van der Waals surface area contributed by atoms with Gasteiger partial charge in [0, 0.05) is 0 Å². The highest BCUT2D eigenvalue weighted by molar-refractivity contribution is 4.89. The van der Waals surface area contributed by atoms with Gasteiger partial charge in [-0.3, -0.25) is 0 Å². The summed E-state index contributed by atoms with van der Waals surface area (Å²) in [6, 6.07) is 0. The van der Waals surface area contributed by atoms with Crippen molar-refractivity contribution in [2.75, 3.05) is 26.4 Å². The Morgan fingerprint density at radius 2 is 1.94 bits per heavy atom. The smallest absolute Gasteiger partial charge is 0.0708 e. The minimum Gasteiger partial charge on any atom is -0.394 e. The molecule has 0 saturated heterocycles. The molecule has 3 nitrogen and oxygen atoms in total. The lowest BCUT2D eigenvalue weighted by Crippen LogP contribution is -2.41. The first kappa shape index (κ1) is 13.9. The van der Waals surface area contributed by atoms with Gasteiger partial charge >= 0.3 is 0 Å². The number of rotatable bonds is 10. The van der Waals surface area contributed by atoms with E-state index in [1.165, 1.54) is 44.9 Å². The molecule has 1 aliphatic rings. The first-order chi connectivity index (χ1) is 7.83. The van der Waals surface area contributed by atoms with Gasteiger partial charge in [-0.2, -0.15) is 0 Å². The van der Waals surface area contributed by atoms with Crippen LogP contribution in [-0.2, 0) is 9.47 Å². The van der Waals surface area contributed by atoms with E-state index in [2.05, 4.69) is 6.92 Å². The lowest BCUT2D eigenvalue weighted by molar-refractivity contribution is -0.120. The van der Waals surface area contributed by atoms with Gasteiger partial charge in [0.2, 0.25) is 0 Å². The Hall–Kier alpha value is -0.120. The molecule has 0 amide bonds. The molecule has 1 fully saturated rings. The maximum absolute atomic E-state index is 8.56. The van der Waals surface area contributed by atoms with Crippen LogP contribution in [0.3, 0.4) is 0 Å². The van der Waals surface area contributed by atoms with Crippen molar-refractivity contribution in [3.63, 3.8) is 0 Å². The SMILES string of the molecule is CCCCCC1(OCCOCCO)CCC1. The molecule has 1 aliphatic carbocycles. The third-order valence-electron chi connectivity index (χ3n) is 3.37. The van der Waals surface area contributed by atoms with Gasteiger partial charge in [-0.25, -0.2) is 0 Å². The third kappa shape index (κ3) is 4.81. The molecule has 0 atom stereocenters. The Kier molecular flexibility index (Phi) is 7.01. The van der Waals surface area contributed by atoms with Crippen LogP contribution in [0.1, 0.15) is 51.9 Å². The van der Waals surface area contributed by atoms with Crippen LogP contribution in [0.4, 0.5) is 0 Å². The van der Waals surface area contributed by atoms with Crippen molar-refractivity contribution in [1.29, 1.82) is 0 Å². The van der Waals surface area contributed by atoms with Crippen LogP contribution in [0.5, 0.6) is 0 Å². The van der Waals surface area contributed by atoms with Crippen molar-refractivity contribution in [1.82, 2.24) is 0 Å². The largest absolute Gasteiger partial charge is 0.394 e. The number of unbranched alkanes of at least 4 members (excludes halogenated alkanes) is 2. The minimum atomic E-state index is 0.0989. The first-order valence-electron chi connectivity index (χ1n) is 6.65. The minimum absolute atomic E-state index is 0.0989. The summed E-state index contributed by atoms with van der Waals surface area (Å²) in [5.74, 6) is 0. The topological polar surface area (TPSA) is 38.7 Å². The summed E-state index contributed by atoms with van der Waals surface area (Å²) < 4.78 is 11.1. The fraction of sp³-hybridized carbons (Fsp3) is 1.00. The summed E-state index contributed by atoms with van der Waals surface area (Å²) >= 11 is 0. The van der Waals surface area contributed by atoms with Crippen molar-refractivity contribution in [3.05, 3.63) is 0 Å². The molecule has 0 spiro atoms. The number of hydrogen-bond acceptors (Lipinski definition) is 3. The van der Waals surface area contributed by atoms with E-state index in [9.17, 15) is 0 Å². The van der Waals surface area contributed by atoms with Crippen LogP contribution in [0.25, 0.3) is 0 Å². The van der Waals surface area contributed by atoms with Gasteiger partial charge in [-0.1, -0.05) is 26.2 Å². The zero-order chi connectivity index (χ0) is 11.7. The van der Waals surface area contributed by atoms with Crippen LogP contribution < -0.4 is 0 Å². The van der Waals surface area contributed by atoms with Crippen LogP contribution in [-0.4, -0.2) is 37.1 Å². The molecule has 0 radical (unpaired) electrons. The molecule has 1 saturated carbocycles. The zero-order valence-corrected chi connectivity index (χ0v) is 10.5. The second-order valence-electron chi connectivity index (χ2n) is 4.68. The lowest BCUT2D eigenvalue weighted by Gasteiger charge is -2.42. The second-order valence-corrected chi connectivity index (χ2v) is 4.68. The molecule has 0 aliphatic heterocycles. The molecule has 0 aromatic carbocycles. The summed E-state index contributed by atoms with van der Waals surface area (Å²) in [4.78, 5) is 0. The Balaban J connectivity index is 2.05. The number of hydrogen-bond donors (Lipinski definition) is 1. The Morgan fingerprint density at radius 3 is 2.50 bits per heavy atom. The highest BCUT2D eigenvalue weighted by atomic mass is 16.5. The number of aliphatic hydroxyl groups is 1. The molecule has 1 N–H and O–H groups in total. The Morgan fingerprint density at radius 1 is 1.12 bits per heavy atom. The van der Waals surface area contributed by atoms with E-state index in [1.807, 2.05) is 0 Å². The van der Waals surface area contributed by atoms with E-state index < -0.39 is 0 Å². The number of aliphatic hydroxyl groups excluding tert-OH is 1. The Bertz CT molecular complexity index is 167. The van der Waals surface area contributed by atoms with Gasteiger partial charge < -0.3 is 14.6 Å². The van der Waals surface area contributed by atoms with Crippen LogP contribution in [0, 0.1) is 0 Å². The molecule has 0 aromatic heterocycles. The highest BCUT2D eigenvalue weighted by Gasteiger charge is 2.36. The molecule has 0 heterocycles. The lowest BCUT2D eigenvalue weighted by atomic mass is 9.76. The molecule has 0 aromatic rings. The van der Waals surface area contributed by atoms with Gasteiger partial charge in [0.1, 0.15) is 0 Å². The van der Waals surface area contributed by atoms with E-state index in [1.54, 1.807) is 0 Å². The molecular formula is C13H26O3. The Labute approximate surface area is 99.1 Å². The van der Waals surface area contributed by atoms with Crippen LogP contribution >= 0.6 is 0 Å². The summed E-state index contributed by atoms with van der Waals surface area (Å²) in [6.45, 7) is 4.03. The predicted molar refractivity (Wildman–Crippen MR) is 64.6 cm³/mol. The van der Waals surface area contributed by atoms with E-state index in [-0.39, 0.29) is 12.2 Å². The highest BCUT2D eigenvalue weighted by Crippen LogP contribution is 2.39. The van der Waals surface area contributed by atoms with Gasteiger partial charge in [0.15, 0.2) is 0 Å². The molecule has 16 heavy (non-hydrogen) atoms. The van der Waals surface area contributed by atoms with Crippen LogP contribution in [0.15, 0.2) is 0 Å². The van der Waals surface area contributed by atoms with E-state index in [4.69, 9.17) is 14.6 Å². The van der Waals surface area contributed by atoms with Gasteiger partial charge in [-0.05, 0) is 25.7 Å². The van der Waals surface area contributed by atoms with Crippen molar-refractivity contribution < 1.29 is 14.6 Å². The normalized spacial score (nSPS) is 18.4. The molecule has 96 valence electrons. The van der Waals surface area contributed by atoms with Gasteiger partial charge in [0.05, 0.1) is 32.0 Å². The summed E-state index contributed by atoms with van der Waals surface area (Å²) in [5.41, 5.74) is 0.178. The van der Waals surface area contributed by atoms with E-state index in [0.29, 0.717) is 19.8 Å². The van der Waals surface area contributed by atoms with Gasteiger partial charge in [-0.15, -0.1) is 0 Å². The average Bonchev–Trinajstić information content (AvgIpc) is 2.24. The van der Waals surface area contributed by atoms with Crippen LogP contribution in [0.2, 0.25) is 0 Å². The maximum Gasteiger partial charge on any atom is 0.0708 e. The average molecular weight is 230 g/mol. The predicted octanol–water partition coefficient (Wildman–Crippen LogP) is 2.51.